The Bertz CT molecular complexity index is 1370. The highest BCUT2D eigenvalue weighted by molar-refractivity contribution is 5.59. The van der Waals surface area contributed by atoms with Crippen LogP contribution in [0.25, 0.3) is 0 Å². The fraction of sp³-hybridized carbons (Fsp3) is 0.486. The quantitative estimate of drug-likeness (QED) is 0.0613. The number of non-ortho nitro benzene ring substituents is 1. The molecule has 0 spiro atoms. The molecule has 0 N–H and O–H groups in total. The van der Waals surface area contributed by atoms with Gasteiger partial charge in [0.15, 0.2) is 0 Å². The zero-order valence-corrected chi connectivity index (χ0v) is 26.8. The van der Waals surface area contributed by atoms with Gasteiger partial charge in [-0.3, -0.25) is 15.0 Å². The van der Waals surface area contributed by atoms with E-state index in [0.717, 1.165) is 44.7 Å². The minimum absolute atomic E-state index is 0.0114. The predicted octanol–water partition coefficient (Wildman–Crippen LogP) is 10.5. The number of nitrogens with zero attached hydrogens (tertiary/aromatic N) is 7. The molecule has 45 heavy (non-hydrogen) atoms. The summed E-state index contributed by atoms with van der Waals surface area (Å²) in [5.74, 6) is 0.579. The van der Waals surface area contributed by atoms with Gasteiger partial charge in [-0.2, -0.15) is 15.3 Å². The normalized spacial score (nSPS) is 14.0. The molecule has 3 aromatic carbocycles. The monoisotopic (exact) mass is 613 g/mol. The maximum atomic E-state index is 11.0. The summed E-state index contributed by atoms with van der Waals surface area (Å²) < 4.78 is 6.14. The molecule has 3 aromatic rings. The van der Waals surface area contributed by atoms with Crippen molar-refractivity contribution in [2.75, 3.05) is 44.2 Å². The van der Waals surface area contributed by atoms with Gasteiger partial charge < -0.3 is 9.64 Å². The summed E-state index contributed by atoms with van der Waals surface area (Å²) in [5, 5.41) is 28.5. The Morgan fingerprint density at radius 2 is 1.27 bits per heavy atom. The van der Waals surface area contributed by atoms with Crippen molar-refractivity contribution in [2.24, 2.45) is 20.5 Å². The van der Waals surface area contributed by atoms with Gasteiger partial charge in [0.1, 0.15) is 11.4 Å². The molecule has 10 heteroatoms. The molecule has 0 aromatic heterocycles. The van der Waals surface area contributed by atoms with Gasteiger partial charge in [0.25, 0.3) is 5.69 Å². The van der Waals surface area contributed by atoms with Crippen LogP contribution in [-0.2, 0) is 0 Å². The first kappa shape index (κ1) is 33.7. The Morgan fingerprint density at radius 3 is 1.96 bits per heavy atom. The third kappa shape index (κ3) is 11.4. The number of benzene rings is 3. The summed E-state index contributed by atoms with van der Waals surface area (Å²) in [4.78, 5) is 15.5. The Morgan fingerprint density at radius 1 is 0.689 bits per heavy atom. The molecule has 1 fully saturated rings. The van der Waals surface area contributed by atoms with Crippen molar-refractivity contribution in [3.05, 3.63) is 76.8 Å². The first-order chi connectivity index (χ1) is 22.1. The molecule has 0 amide bonds. The van der Waals surface area contributed by atoms with Gasteiger partial charge in [-0.15, -0.1) is 5.11 Å². The van der Waals surface area contributed by atoms with Crippen molar-refractivity contribution in [2.45, 2.75) is 71.6 Å². The maximum absolute atomic E-state index is 11.0. The second-order valence-corrected chi connectivity index (χ2v) is 11.5. The van der Waals surface area contributed by atoms with E-state index in [4.69, 9.17) is 4.74 Å². The maximum Gasteiger partial charge on any atom is 0.269 e. The third-order valence-corrected chi connectivity index (χ3v) is 7.98. The molecule has 0 unspecified atom stereocenters. The summed E-state index contributed by atoms with van der Waals surface area (Å²) in [6.07, 6.45) is 10.9. The first-order valence-electron chi connectivity index (χ1n) is 16.5. The number of nitro benzene ring substituents is 1. The predicted molar refractivity (Wildman–Crippen MR) is 181 cm³/mol. The van der Waals surface area contributed by atoms with Crippen LogP contribution in [0.15, 0.2) is 87.2 Å². The Hall–Kier alpha value is -4.18. The molecule has 1 aliphatic rings. The molecular weight excluding hydrogens is 566 g/mol. The van der Waals surface area contributed by atoms with E-state index >= 15 is 0 Å². The van der Waals surface area contributed by atoms with E-state index in [-0.39, 0.29) is 5.69 Å². The van der Waals surface area contributed by atoms with Crippen molar-refractivity contribution in [1.82, 2.24) is 4.90 Å². The number of nitro groups is 1. The van der Waals surface area contributed by atoms with Crippen LogP contribution in [0, 0.1) is 10.1 Å². The number of azo groups is 2. The standard InChI is InChI=1S/C35H47N7O3/c1-3-5-7-8-9-11-27-45-35-28-31(16-21-34(35)39-37-30-14-19-33(20-15-30)42(43)44)38-36-29-12-17-32(18-13-29)41-25-23-40(24-26-41)22-10-6-4-2/h12-21,28H,3-11,22-27H2,1-2H3. The number of piperazine rings is 1. The fourth-order valence-corrected chi connectivity index (χ4v) is 5.24. The second kappa shape index (κ2) is 18.6. The lowest BCUT2D eigenvalue weighted by Crippen LogP contribution is -2.46. The summed E-state index contributed by atoms with van der Waals surface area (Å²) >= 11 is 0. The van der Waals surface area contributed by atoms with Gasteiger partial charge in [0.2, 0.25) is 0 Å². The van der Waals surface area contributed by atoms with Crippen LogP contribution >= 0.6 is 0 Å². The van der Waals surface area contributed by atoms with E-state index in [9.17, 15) is 10.1 Å². The lowest BCUT2D eigenvalue weighted by molar-refractivity contribution is -0.384. The molecule has 0 bridgehead atoms. The number of ether oxygens (including phenoxy) is 1. The molecule has 0 aliphatic carbocycles. The Kier molecular flexibility index (Phi) is 13.9. The highest BCUT2D eigenvalue weighted by atomic mass is 16.6. The van der Waals surface area contributed by atoms with Crippen LogP contribution < -0.4 is 9.64 Å². The minimum atomic E-state index is -0.437. The van der Waals surface area contributed by atoms with Crippen LogP contribution in [0.2, 0.25) is 0 Å². The van der Waals surface area contributed by atoms with E-state index < -0.39 is 4.92 Å². The van der Waals surface area contributed by atoms with E-state index in [2.05, 4.69) is 56.2 Å². The van der Waals surface area contributed by atoms with Crippen molar-refractivity contribution in [1.29, 1.82) is 0 Å². The van der Waals surface area contributed by atoms with Gasteiger partial charge in [-0.1, -0.05) is 58.8 Å². The molecule has 240 valence electrons. The Labute approximate surface area is 267 Å². The molecule has 10 nitrogen and oxygen atoms in total. The summed E-state index contributed by atoms with van der Waals surface area (Å²) in [5.41, 5.74) is 3.75. The average molecular weight is 614 g/mol. The van der Waals surface area contributed by atoms with Crippen molar-refractivity contribution in [3.8, 4) is 5.75 Å². The molecule has 1 heterocycles. The van der Waals surface area contributed by atoms with E-state index in [1.165, 1.54) is 69.3 Å². The summed E-state index contributed by atoms with van der Waals surface area (Å²) in [6, 6.07) is 19.7. The van der Waals surface area contributed by atoms with Gasteiger partial charge in [0.05, 0.1) is 28.6 Å². The molecule has 1 saturated heterocycles. The highest BCUT2D eigenvalue weighted by Crippen LogP contribution is 2.34. The third-order valence-electron chi connectivity index (χ3n) is 7.98. The smallest absolute Gasteiger partial charge is 0.269 e. The van der Waals surface area contributed by atoms with Gasteiger partial charge in [0, 0.05) is 50.1 Å². The van der Waals surface area contributed by atoms with Crippen molar-refractivity contribution >= 4 is 34.1 Å². The number of rotatable bonds is 18. The molecule has 0 saturated carbocycles. The van der Waals surface area contributed by atoms with Crippen molar-refractivity contribution < 1.29 is 9.66 Å². The van der Waals surface area contributed by atoms with E-state index in [1.807, 2.05) is 30.3 Å². The number of hydrogen-bond acceptors (Lipinski definition) is 9. The van der Waals surface area contributed by atoms with Crippen LogP contribution in [0.5, 0.6) is 5.75 Å². The lowest BCUT2D eigenvalue weighted by atomic mass is 10.1. The molecular formula is C35H47N7O3. The Balaban J connectivity index is 1.38. The first-order valence-corrected chi connectivity index (χ1v) is 16.5. The van der Waals surface area contributed by atoms with Gasteiger partial charge in [-0.05, 0) is 67.9 Å². The molecule has 0 atom stereocenters. The van der Waals surface area contributed by atoms with Crippen LogP contribution in [0.3, 0.4) is 0 Å². The average Bonchev–Trinajstić information content (AvgIpc) is 3.07. The number of anilines is 1. The molecule has 4 rings (SSSR count). The minimum Gasteiger partial charge on any atom is -0.491 e. The van der Waals surface area contributed by atoms with Crippen LogP contribution in [0.1, 0.15) is 71.6 Å². The zero-order chi connectivity index (χ0) is 31.7. The topological polar surface area (TPSA) is 108 Å². The second-order valence-electron chi connectivity index (χ2n) is 11.5. The summed E-state index contributed by atoms with van der Waals surface area (Å²) in [6.45, 7) is 10.5. The zero-order valence-electron chi connectivity index (χ0n) is 26.8. The number of hydrogen-bond donors (Lipinski definition) is 0. The van der Waals surface area contributed by atoms with E-state index in [0.29, 0.717) is 29.4 Å². The van der Waals surface area contributed by atoms with Crippen LogP contribution in [-0.4, -0.2) is 49.2 Å². The largest absolute Gasteiger partial charge is 0.491 e. The van der Waals surface area contributed by atoms with Crippen LogP contribution in [0.4, 0.5) is 34.1 Å². The van der Waals surface area contributed by atoms with Gasteiger partial charge in [-0.25, -0.2) is 0 Å². The van der Waals surface area contributed by atoms with Gasteiger partial charge >= 0.3 is 0 Å². The van der Waals surface area contributed by atoms with E-state index in [1.54, 1.807) is 12.1 Å². The lowest BCUT2D eigenvalue weighted by Gasteiger charge is -2.36. The fourth-order valence-electron chi connectivity index (χ4n) is 5.24. The number of unbranched alkanes of at least 4 members (excludes halogenated alkanes) is 7. The highest BCUT2D eigenvalue weighted by Gasteiger charge is 2.16. The molecule has 0 radical (unpaired) electrons. The molecule has 1 aliphatic heterocycles. The SMILES string of the molecule is CCCCCCCCOc1cc(N=Nc2ccc(N3CCN(CCCCC)CC3)cc2)ccc1N=Nc1ccc([N+](=O)[O-])cc1. The van der Waals surface area contributed by atoms with Crippen molar-refractivity contribution in [3.63, 3.8) is 0 Å². The summed E-state index contributed by atoms with van der Waals surface area (Å²) in [7, 11) is 0.